The van der Waals surface area contributed by atoms with Gasteiger partial charge >= 0.3 is 0 Å². The third-order valence-electron chi connectivity index (χ3n) is 3.16. The molecule has 0 unspecified atom stereocenters. The second-order valence-electron chi connectivity index (χ2n) is 4.52. The van der Waals surface area contributed by atoms with Gasteiger partial charge in [-0.15, -0.1) is 0 Å². The van der Waals surface area contributed by atoms with E-state index < -0.39 is 0 Å². The van der Waals surface area contributed by atoms with Crippen LogP contribution < -0.4 is 10.5 Å². The molecule has 0 atom stereocenters. The summed E-state index contributed by atoms with van der Waals surface area (Å²) in [4.78, 5) is 6.52. The summed E-state index contributed by atoms with van der Waals surface area (Å²) < 4.78 is 5.63. The molecule has 0 spiro atoms. The molecule has 0 bridgehead atoms. The van der Waals surface area contributed by atoms with Crippen LogP contribution in [-0.4, -0.2) is 42.0 Å². The standard InChI is InChI=1S/C13H20N4O/c14-12(15)11-5-4-6-16-13(11)18-10-9-17-7-2-1-3-8-17/h4-6H,1-3,7-10H2,(H3,14,15). The van der Waals surface area contributed by atoms with Crippen LogP contribution in [0.25, 0.3) is 0 Å². The third kappa shape index (κ3) is 3.43. The Morgan fingerprint density at radius 2 is 2.17 bits per heavy atom. The van der Waals surface area contributed by atoms with Gasteiger partial charge in [-0.25, -0.2) is 4.98 Å². The Morgan fingerprint density at radius 1 is 1.39 bits per heavy atom. The smallest absolute Gasteiger partial charge is 0.224 e. The number of nitrogen functional groups attached to an aromatic ring is 1. The van der Waals surface area contributed by atoms with E-state index in [0.29, 0.717) is 18.1 Å². The lowest BCUT2D eigenvalue weighted by Gasteiger charge is -2.26. The molecular formula is C13H20N4O. The van der Waals surface area contributed by atoms with Crippen molar-refractivity contribution in [1.82, 2.24) is 9.88 Å². The predicted octanol–water partition coefficient (Wildman–Crippen LogP) is 1.23. The van der Waals surface area contributed by atoms with Crippen molar-refractivity contribution in [1.29, 1.82) is 5.41 Å². The lowest BCUT2D eigenvalue weighted by atomic mass is 10.1. The van der Waals surface area contributed by atoms with E-state index in [9.17, 15) is 0 Å². The first-order chi connectivity index (χ1) is 8.77. The SMILES string of the molecule is N=C(N)c1cccnc1OCCN1CCCCC1. The summed E-state index contributed by atoms with van der Waals surface area (Å²) in [6.45, 7) is 3.82. The largest absolute Gasteiger partial charge is 0.476 e. The number of aromatic nitrogens is 1. The zero-order valence-corrected chi connectivity index (χ0v) is 10.6. The molecule has 2 heterocycles. The Morgan fingerprint density at radius 3 is 2.89 bits per heavy atom. The van der Waals surface area contributed by atoms with Crippen molar-refractivity contribution in [2.45, 2.75) is 19.3 Å². The van der Waals surface area contributed by atoms with E-state index >= 15 is 0 Å². The van der Waals surface area contributed by atoms with Gasteiger partial charge in [-0.2, -0.15) is 0 Å². The minimum atomic E-state index is -0.00364. The van der Waals surface area contributed by atoms with Crippen LogP contribution in [0.1, 0.15) is 24.8 Å². The van der Waals surface area contributed by atoms with Gasteiger partial charge in [-0.1, -0.05) is 6.42 Å². The average molecular weight is 248 g/mol. The molecule has 1 aromatic rings. The molecule has 2 rings (SSSR count). The van der Waals surface area contributed by atoms with Gasteiger partial charge < -0.3 is 10.5 Å². The molecule has 1 fully saturated rings. The van der Waals surface area contributed by atoms with Crippen molar-refractivity contribution in [2.75, 3.05) is 26.2 Å². The number of hydrogen-bond acceptors (Lipinski definition) is 4. The molecule has 0 aliphatic carbocycles. The number of nitrogens with two attached hydrogens (primary N) is 1. The van der Waals surface area contributed by atoms with E-state index in [2.05, 4.69) is 9.88 Å². The van der Waals surface area contributed by atoms with Crippen molar-refractivity contribution in [3.8, 4) is 5.88 Å². The zero-order valence-electron chi connectivity index (χ0n) is 10.6. The van der Waals surface area contributed by atoms with Gasteiger partial charge in [0.05, 0.1) is 5.56 Å². The highest BCUT2D eigenvalue weighted by atomic mass is 16.5. The van der Waals surface area contributed by atoms with E-state index in [1.165, 1.54) is 19.3 Å². The highest BCUT2D eigenvalue weighted by molar-refractivity contribution is 5.96. The summed E-state index contributed by atoms with van der Waals surface area (Å²) >= 11 is 0. The highest BCUT2D eigenvalue weighted by Gasteiger charge is 2.11. The van der Waals surface area contributed by atoms with Gasteiger partial charge in [0.2, 0.25) is 5.88 Å². The molecule has 1 aliphatic heterocycles. The molecule has 0 saturated carbocycles. The summed E-state index contributed by atoms with van der Waals surface area (Å²) in [5, 5.41) is 7.45. The quantitative estimate of drug-likeness (QED) is 0.607. The van der Waals surface area contributed by atoms with Crippen molar-refractivity contribution >= 4 is 5.84 Å². The molecule has 1 saturated heterocycles. The summed E-state index contributed by atoms with van der Waals surface area (Å²) in [5.41, 5.74) is 6.05. The fourth-order valence-corrected chi connectivity index (χ4v) is 2.17. The maximum atomic E-state index is 7.45. The van der Waals surface area contributed by atoms with Crippen LogP contribution in [-0.2, 0) is 0 Å². The third-order valence-corrected chi connectivity index (χ3v) is 3.16. The van der Waals surface area contributed by atoms with Gasteiger partial charge in [-0.05, 0) is 38.1 Å². The number of ether oxygens (including phenoxy) is 1. The second kappa shape index (κ2) is 6.35. The van der Waals surface area contributed by atoms with Gasteiger partial charge in [0.15, 0.2) is 0 Å². The Kier molecular flexibility index (Phi) is 4.52. The molecular weight excluding hydrogens is 228 g/mol. The number of likely N-dealkylation sites (tertiary alicyclic amines) is 1. The molecule has 5 heteroatoms. The molecule has 1 aromatic heterocycles. The molecule has 0 aromatic carbocycles. The van der Waals surface area contributed by atoms with Crippen LogP contribution in [0.4, 0.5) is 0 Å². The summed E-state index contributed by atoms with van der Waals surface area (Å²) in [6.07, 6.45) is 5.55. The van der Waals surface area contributed by atoms with E-state index in [1.807, 2.05) is 0 Å². The summed E-state index contributed by atoms with van der Waals surface area (Å²) in [7, 11) is 0. The van der Waals surface area contributed by atoms with Gasteiger partial charge in [0, 0.05) is 12.7 Å². The molecule has 0 radical (unpaired) electrons. The number of rotatable bonds is 5. The summed E-state index contributed by atoms with van der Waals surface area (Å²) in [6, 6.07) is 3.51. The molecule has 3 N–H and O–H groups in total. The lowest BCUT2D eigenvalue weighted by molar-refractivity contribution is 0.180. The van der Waals surface area contributed by atoms with Crippen LogP contribution in [0, 0.1) is 5.41 Å². The fourth-order valence-electron chi connectivity index (χ4n) is 2.17. The molecule has 1 aliphatic rings. The Hall–Kier alpha value is -1.62. The van der Waals surface area contributed by atoms with Crippen molar-refractivity contribution < 1.29 is 4.74 Å². The number of nitrogens with zero attached hydrogens (tertiary/aromatic N) is 2. The van der Waals surface area contributed by atoms with E-state index in [-0.39, 0.29) is 5.84 Å². The van der Waals surface area contributed by atoms with Gasteiger partial charge in [0.25, 0.3) is 0 Å². The van der Waals surface area contributed by atoms with E-state index in [4.69, 9.17) is 15.9 Å². The van der Waals surface area contributed by atoms with Crippen LogP contribution >= 0.6 is 0 Å². The number of nitrogens with one attached hydrogen (secondary N) is 1. The maximum absolute atomic E-state index is 7.45. The van der Waals surface area contributed by atoms with Gasteiger partial charge in [-0.3, -0.25) is 10.3 Å². The number of piperidine rings is 1. The number of hydrogen-bond donors (Lipinski definition) is 2. The predicted molar refractivity (Wildman–Crippen MR) is 71.0 cm³/mol. The average Bonchev–Trinajstić information content (AvgIpc) is 2.40. The topological polar surface area (TPSA) is 75.2 Å². The lowest BCUT2D eigenvalue weighted by Crippen LogP contribution is -2.33. The number of pyridine rings is 1. The first-order valence-electron chi connectivity index (χ1n) is 6.42. The van der Waals surface area contributed by atoms with Crippen molar-refractivity contribution in [3.63, 3.8) is 0 Å². The molecule has 18 heavy (non-hydrogen) atoms. The Bertz CT molecular complexity index is 402. The van der Waals surface area contributed by atoms with E-state index in [0.717, 1.165) is 19.6 Å². The molecule has 0 amide bonds. The Balaban J connectivity index is 1.84. The minimum Gasteiger partial charge on any atom is -0.476 e. The fraction of sp³-hybridized carbons (Fsp3) is 0.538. The normalized spacial score (nSPS) is 16.4. The Labute approximate surface area is 107 Å². The van der Waals surface area contributed by atoms with Crippen LogP contribution in [0.15, 0.2) is 18.3 Å². The highest BCUT2D eigenvalue weighted by Crippen LogP contribution is 2.13. The van der Waals surface area contributed by atoms with Crippen molar-refractivity contribution in [2.24, 2.45) is 5.73 Å². The van der Waals surface area contributed by atoms with Crippen LogP contribution in [0.2, 0.25) is 0 Å². The van der Waals surface area contributed by atoms with Crippen molar-refractivity contribution in [3.05, 3.63) is 23.9 Å². The summed E-state index contributed by atoms with van der Waals surface area (Å²) in [5.74, 6) is 0.457. The second-order valence-corrected chi connectivity index (χ2v) is 4.52. The van der Waals surface area contributed by atoms with Crippen LogP contribution in [0.5, 0.6) is 5.88 Å². The molecule has 5 nitrogen and oxygen atoms in total. The maximum Gasteiger partial charge on any atom is 0.224 e. The van der Waals surface area contributed by atoms with E-state index in [1.54, 1.807) is 18.3 Å². The first kappa shape index (κ1) is 12.8. The monoisotopic (exact) mass is 248 g/mol. The van der Waals surface area contributed by atoms with Crippen LogP contribution in [0.3, 0.4) is 0 Å². The van der Waals surface area contributed by atoms with Gasteiger partial charge in [0.1, 0.15) is 12.4 Å². The first-order valence-corrected chi connectivity index (χ1v) is 6.42. The number of amidine groups is 1. The zero-order chi connectivity index (χ0) is 12.8. The minimum absolute atomic E-state index is 0.00364. The molecule has 98 valence electrons.